The summed E-state index contributed by atoms with van der Waals surface area (Å²) in [5, 5.41) is 0. The second kappa shape index (κ2) is 12.0. The highest BCUT2D eigenvalue weighted by molar-refractivity contribution is 7.98. The van der Waals surface area contributed by atoms with Crippen molar-refractivity contribution in [3.05, 3.63) is 93.0 Å². The van der Waals surface area contributed by atoms with Gasteiger partial charge in [-0.15, -0.1) is 11.8 Å². The molecule has 4 rings (SSSR count). The number of carbonyl (C=O) groups excluding carboxylic acids is 1. The van der Waals surface area contributed by atoms with Crippen molar-refractivity contribution in [2.45, 2.75) is 30.4 Å². The van der Waals surface area contributed by atoms with E-state index in [1.807, 2.05) is 35.4 Å². The normalized spacial score (nSPS) is 14.8. The van der Waals surface area contributed by atoms with Crippen LogP contribution in [0.25, 0.3) is 0 Å². The minimum absolute atomic E-state index is 0.0122. The number of halogens is 6. The highest BCUT2D eigenvalue weighted by Crippen LogP contribution is 2.36. The zero-order valence-electron chi connectivity index (χ0n) is 21.1. The lowest BCUT2D eigenvalue weighted by molar-refractivity contribution is -0.143. The molecular weight excluding hydrogens is 562 g/mol. The molecule has 0 saturated carbocycles. The number of hydrogen-bond donors (Lipinski definition) is 0. The molecule has 0 bridgehead atoms. The molecule has 1 fully saturated rings. The molecule has 2 heterocycles. The van der Waals surface area contributed by atoms with Crippen molar-refractivity contribution < 1.29 is 40.3 Å². The van der Waals surface area contributed by atoms with E-state index in [1.165, 1.54) is 17.2 Å². The molecule has 1 aliphatic rings. The number of amides is 1. The van der Waals surface area contributed by atoms with Gasteiger partial charge in [-0.1, -0.05) is 12.1 Å². The lowest BCUT2D eigenvalue weighted by Gasteiger charge is -2.34. The van der Waals surface area contributed by atoms with Crippen molar-refractivity contribution in [3.8, 4) is 5.75 Å². The van der Waals surface area contributed by atoms with Gasteiger partial charge >= 0.3 is 12.4 Å². The summed E-state index contributed by atoms with van der Waals surface area (Å²) in [5.41, 5.74) is -3.26. The van der Waals surface area contributed by atoms with Crippen LogP contribution in [0.4, 0.5) is 26.3 Å². The predicted octanol–water partition coefficient (Wildman–Crippen LogP) is 5.94. The molecule has 0 radical (unpaired) electrons. The van der Waals surface area contributed by atoms with Gasteiger partial charge in [-0.25, -0.2) is 0 Å². The van der Waals surface area contributed by atoms with Crippen molar-refractivity contribution in [2.75, 3.05) is 32.4 Å². The van der Waals surface area contributed by atoms with E-state index in [0.717, 1.165) is 10.5 Å². The number of benzene rings is 2. The Balaban J connectivity index is 1.35. The maximum atomic E-state index is 13.2. The minimum Gasteiger partial charge on any atom is -0.482 e. The number of ether oxygens (including phenoxy) is 1. The van der Waals surface area contributed by atoms with Crippen LogP contribution >= 0.6 is 11.8 Å². The van der Waals surface area contributed by atoms with Crippen LogP contribution in [-0.4, -0.2) is 48.1 Å². The summed E-state index contributed by atoms with van der Waals surface area (Å²) in [6, 6.07) is 9.84. The van der Waals surface area contributed by atoms with E-state index in [4.69, 9.17) is 9.15 Å². The smallest absolute Gasteiger partial charge is 0.416 e. The molecule has 0 N–H and O–H groups in total. The van der Waals surface area contributed by atoms with Crippen LogP contribution in [0.15, 0.2) is 68.9 Å². The standard InChI is InChI=1S/C27H24F6N2O4S/c1-40-22-4-2-17(3-5-22)15-39-24-16-38-21(13-23(24)36)14-34-6-8-35(9-7-34)25(37)18-10-19(26(28,29)30)12-20(11-18)27(31,32)33/h2-5,10-13,16H,6-9,14-15H2,1H3. The maximum Gasteiger partial charge on any atom is 0.416 e. The van der Waals surface area contributed by atoms with Crippen LogP contribution in [0, 0.1) is 0 Å². The topological polar surface area (TPSA) is 63.0 Å². The Labute approximate surface area is 229 Å². The van der Waals surface area contributed by atoms with Crippen molar-refractivity contribution in [3.63, 3.8) is 0 Å². The molecule has 0 spiro atoms. The van der Waals surface area contributed by atoms with Crippen molar-refractivity contribution in [1.82, 2.24) is 9.80 Å². The molecule has 1 aliphatic heterocycles. The highest BCUT2D eigenvalue weighted by atomic mass is 32.2. The van der Waals surface area contributed by atoms with Gasteiger partial charge in [0.05, 0.1) is 17.7 Å². The van der Waals surface area contributed by atoms with E-state index in [2.05, 4.69) is 0 Å². The van der Waals surface area contributed by atoms with E-state index in [9.17, 15) is 35.9 Å². The molecule has 3 aromatic rings. The van der Waals surface area contributed by atoms with E-state index in [1.54, 1.807) is 11.8 Å². The summed E-state index contributed by atoms with van der Waals surface area (Å²) >= 11 is 1.61. The lowest BCUT2D eigenvalue weighted by Crippen LogP contribution is -2.48. The van der Waals surface area contributed by atoms with Gasteiger partial charge in [0.25, 0.3) is 5.91 Å². The van der Waals surface area contributed by atoms with Gasteiger partial charge in [-0.2, -0.15) is 26.3 Å². The van der Waals surface area contributed by atoms with Gasteiger partial charge < -0.3 is 14.1 Å². The van der Waals surface area contributed by atoms with Crippen LogP contribution < -0.4 is 10.2 Å². The Morgan fingerprint density at radius 3 is 2.05 bits per heavy atom. The molecule has 6 nitrogen and oxygen atoms in total. The summed E-state index contributed by atoms with van der Waals surface area (Å²) in [5.74, 6) is -0.533. The molecule has 1 saturated heterocycles. The van der Waals surface area contributed by atoms with Crippen LogP contribution in [0.3, 0.4) is 0 Å². The fourth-order valence-corrected chi connectivity index (χ4v) is 4.51. The average Bonchev–Trinajstić information content (AvgIpc) is 2.92. The third-order valence-electron chi connectivity index (χ3n) is 6.28. The first-order chi connectivity index (χ1) is 18.8. The molecule has 13 heteroatoms. The number of rotatable bonds is 7. The Morgan fingerprint density at radius 1 is 0.925 bits per heavy atom. The first-order valence-electron chi connectivity index (χ1n) is 12.0. The van der Waals surface area contributed by atoms with Gasteiger partial charge in [0.2, 0.25) is 11.2 Å². The molecule has 1 amide bonds. The second-order valence-electron chi connectivity index (χ2n) is 9.07. The van der Waals surface area contributed by atoms with Gasteiger partial charge in [0.15, 0.2) is 0 Å². The van der Waals surface area contributed by atoms with Crippen molar-refractivity contribution >= 4 is 17.7 Å². The SMILES string of the molecule is CSc1ccc(COc2coc(CN3CCN(C(=O)c4cc(C(F)(F)F)cc(C(F)(F)F)c4)CC3)cc2=O)cc1. The second-order valence-corrected chi connectivity index (χ2v) is 9.95. The third kappa shape index (κ3) is 7.39. The third-order valence-corrected chi connectivity index (χ3v) is 7.02. The quantitative estimate of drug-likeness (QED) is 0.253. The van der Waals surface area contributed by atoms with E-state index < -0.39 is 35.0 Å². The zero-order chi connectivity index (χ0) is 29.1. The molecule has 0 aliphatic carbocycles. The van der Waals surface area contributed by atoms with Gasteiger partial charge in [-0.05, 0) is 42.2 Å². The van der Waals surface area contributed by atoms with E-state index in [0.29, 0.717) is 17.9 Å². The molecule has 40 heavy (non-hydrogen) atoms. The maximum absolute atomic E-state index is 13.2. The van der Waals surface area contributed by atoms with Gasteiger partial charge in [0, 0.05) is 42.7 Å². The molecule has 0 atom stereocenters. The van der Waals surface area contributed by atoms with Crippen LogP contribution in [0.1, 0.15) is 32.8 Å². The first-order valence-corrected chi connectivity index (χ1v) is 13.2. The fourth-order valence-electron chi connectivity index (χ4n) is 4.10. The average molecular weight is 587 g/mol. The molecule has 0 unspecified atom stereocenters. The fraction of sp³-hybridized carbons (Fsp3) is 0.333. The summed E-state index contributed by atoms with van der Waals surface area (Å²) < 4.78 is 90.1. The molecule has 214 valence electrons. The summed E-state index contributed by atoms with van der Waals surface area (Å²) in [6.45, 7) is 1.07. The van der Waals surface area contributed by atoms with Crippen LogP contribution in [0.2, 0.25) is 0 Å². The number of thioether (sulfide) groups is 1. The van der Waals surface area contributed by atoms with Gasteiger partial charge in [0.1, 0.15) is 18.6 Å². The Bertz CT molecular complexity index is 1370. The summed E-state index contributed by atoms with van der Waals surface area (Å²) in [4.78, 5) is 29.4. The Morgan fingerprint density at radius 2 is 1.52 bits per heavy atom. The van der Waals surface area contributed by atoms with Crippen molar-refractivity contribution in [1.29, 1.82) is 0 Å². The predicted molar refractivity (Wildman–Crippen MR) is 135 cm³/mol. The summed E-state index contributed by atoms with van der Waals surface area (Å²) in [6.07, 6.45) is -6.90. The lowest BCUT2D eigenvalue weighted by atomic mass is 10.0. The van der Waals surface area contributed by atoms with Crippen LogP contribution in [-0.2, 0) is 25.5 Å². The molecule has 1 aromatic heterocycles. The number of carbonyl (C=O) groups is 1. The number of nitrogens with zero attached hydrogens (tertiary/aromatic N) is 2. The molecular formula is C27H24F6N2O4S. The number of piperazine rings is 1. The van der Waals surface area contributed by atoms with Crippen molar-refractivity contribution in [2.24, 2.45) is 0 Å². The van der Waals surface area contributed by atoms with E-state index in [-0.39, 0.29) is 56.6 Å². The number of alkyl halides is 6. The largest absolute Gasteiger partial charge is 0.482 e. The Kier molecular flexibility index (Phi) is 8.83. The zero-order valence-corrected chi connectivity index (χ0v) is 22.0. The summed E-state index contributed by atoms with van der Waals surface area (Å²) in [7, 11) is 0. The first kappa shape index (κ1) is 29.5. The monoisotopic (exact) mass is 586 g/mol. The van der Waals surface area contributed by atoms with Crippen LogP contribution in [0.5, 0.6) is 5.75 Å². The Hall–Kier alpha value is -3.45. The van der Waals surface area contributed by atoms with Gasteiger partial charge in [-0.3, -0.25) is 14.5 Å². The minimum atomic E-state index is -5.04. The highest BCUT2D eigenvalue weighted by Gasteiger charge is 2.38. The molecule has 2 aromatic carbocycles. The number of hydrogen-bond acceptors (Lipinski definition) is 6. The van der Waals surface area contributed by atoms with E-state index >= 15 is 0 Å².